The van der Waals surface area contributed by atoms with Crippen molar-refractivity contribution in [3.05, 3.63) is 6.92 Å². The van der Waals surface area contributed by atoms with E-state index in [1.807, 2.05) is 0 Å². The minimum absolute atomic E-state index is 0.347. The van der Waals surface area contributed by atoms with Crippen molar-refractivity contribution < 1.29 is 9.53 Å². The van der Waals surface area contributed by atoms with E-state index in [2.05, 4.69) is 11.7 Å². The summed E-state index contributed by atoms with van der Waals surface area (Å²) in [7, 11) is 2.97. The van der Waals surface area contributed by atoms with Gasteiger partial charge in [-0.25, -0.2) is 4.79 Å². The molecule has 0 aromatic rings. The van der Waals surface area contributed by atoms with E-state index < -0.39 is 0 Å². The second kappa shape index (κ2) is 3.29. The number of nitrogens with zero attached hydrogens (tertiary/aromatic N) is 1. The van der Waals surface area contributed by atoms with Gasteiger partial charge in [0, 0.05) is 13.6 Å². The molecule has 0 saturated heterocycles. The highest BCUT2D eigenvalue weighted by Crippen LogP contribution is 1.83. The van der Waals surface area contributed by atoms with Gasteiger partial charge in [-0.2, -0.15) is 0 Å². The van der Waals surface area contributed by atoms with Gasteiger partial charge < -0.3 is 9.64 Å². The van der Waals surface area contributed by atoms with E-state index in [4.69, 9.17) is 0 Å². The Morgan fingerprint density at radius 1 is 1.88 bits per heavy atom. The lowest BCUT2D eigenvalue weighted by molar-refractivity contribution is 0.137. The van der Waals surface area contributed by atoms with Crippen LogP contribution in [0.5, 0.6) is 0 Å². The molecule has 0 saturated carbocycles. The van der Waals surface area contributed by atoms with Crippen molar-refractivity contribution in [3.63, 3.8) is 0 Å². The Kier molecular flexibility index (Phi) is 2.99. The summed E-state index contributed by atoms with van der Waals surface area (Å²) in [4.78, 5) is 11.8. The lowest BCUT2D eigenvalue weighted by Gasteiger charge is -2.10. The summed E-state index contributed by atoms with van der Waals surface area (Å²) in [6.07, 6.45) is -0.347. The van der Waals surface area contributed by atoms with Crippen LogP contribution in [0.1, 0.15) is 0 Å². The highest BCUT2D eigenvalue weighted by atomic mass is 16.5. The van der Waals surface area contributed by atoms with Crippen LogP contribution in [0, 0.1) is 6.92 Å². The maximum absolute atomic E-state index is 10.4. The van der Waals surface area contributed by atoms with Crippen LogP contribution in [0.3, 0.4) is 0 Å². The average molecular weight is 116 g/mol. The molecule has 0 aliphatic heterocycles. The normalized spacial score (nSPS) is 8.38. The molecule has 0 unspecified atom stereocenters. The molecule has 0 aromatic carbocycles. The standard InChI is InChI=1S/C5H10NO2/c1-4-6(2)5(7)8-3/h1,4H2,2-3H3. The molecule has 1 amide bonds. The minimum atomic E-state index is -0.347. The molecule has 1 radical (unpaired) electrons. The number of hydrogen-bond acceptors (Lipinski definition) is 2. The predicted octanol–water partition coefficient (Wildman–Crippen LogP) is 0.519. The Hall–Kier alpha value is -0.730. The Bertz CT molecular complexity index is 82.5. The molecule has 0 atom stereocenters. The fraction of sp³-hybridized carbons (Fsp3) is 0.600. The average Bonchev–Trinajstić information content (AvgIpc) is 1.84. The van der Waals surface area contributed by atoms with E-state index in [0.29, 0.717) is 6.54 Å². The molecule has 0 bridgehead atoms. The third-order valence-corrected chi connectivity index (χ3v) is 0.822. The quantitative estimate of drug-likeness (QED) is 0.499. The Morgan fingerprint density at radius 3 is 2.50 bits per heavy atom. The number of ether oxygens (including phenoxy) is 1. The highest BCUT2D eigenvalue weighted by molar-refractivity contribution is 5.66. The van der Waals surface area contributed by atoms with Crippen molar-refractivity contribution in [2.24, 2.45) is 0 Å². The first-order chi connectivity index (χ1) is 3.72. The fourth-order valence-corrected chi connectivity index (χ4v) is 0.247. The number of carbonyl (C=O) groups is 1. The molecule has 0 N–H and O–H groups in total. The molecule has 0 fully saturated rings. The number of methoxy groups -OCH3 is 1. The molecule has 47 valence electrons. The molecule has 3 nitrogen and oxygen atoms in total. The summed E-state index contributed by atoms with van der Waals surface area (Å²) in [5.41, 5.74) is 0. The van der Waals surface area contributed by atoms with Gasteiger partial charge in [-0.1, -0.05) is 0 Å². The Labute approximate surface area is 49.2 Å². The molecule has 0 spiro atoms. The third-order valence-electron chi connectivity index (χ3n) is 0.822. The van der Waals surface area contributed by atoms with E-state index in [1.165, 1.54) is 12.0 Å². The van der Waals surface area contributed by atoms with Gasteiger partial charge in [-0.15, -0.1) is 0 Å². The zero-order valence-electron chi connectivity index (χ0n) is 5.18. The van der Waals surface area contributed by atoms with E-state index in [1.54, 1.807) is 7.05 Å². The number of carbonyl (C=O) groups excluding carboxylic acids is 1. The third kappa shape index (κ3) is 1.82. The fourth-order valence-electron chi connectivity index (χ4n) is 0.247. The van der Waals surface area contributed by atoms with E-state index >= 15 is 0 Å². The first-order valence-electron chi connectivity index (χ1n) is 2.30. The van der Waals surface area contributed by atoms with Gasteiger partial charge in [-0.05, 0) is 6.92 Å². The molecule has 0 aliphatic rings. The van der Waals surface area contributed by atoms with Crippen LogP contribution in [-0.4, -0.2) is 31.7 Å². The summed E-state index contributed by atoms with van der Waals surface area (Å²) in [6, 6.07) is 0. The topological polar surface area (TPSA) is 29.5 Å². The summed E-state index contributed by atoms with van der Waals surface area (Å²) < 4.78 is 4.35. The van der Waals surface area contributed by atoms with Crippen LogP contribution < -0.4 is 0 Å². The SMILES string of the molecule is [CH2]CN(C)C(=O)OC. The van der Waals surface area contributed by atoms with Crippen LogP contribution in [0.4, 0.5) is 4.79 Å². The molecule has 3 heteroatoms. The molecule has 0 heterocycles. The zero-order chi connectivity index (χ0) is 6.57. The lowest BCUT2D eigenvalue weighted by Crippen LogP contribution is -2.25. The molecular weight excluding hydrogens is 106 g/mol. The van der Waals surface area contributed by atoms with Crippen molar-refractivity contribution in [3.8, 4) is 0 Å². The number of amides is 1. The van der Waals surface area contributed by atoms with Gasteiger partial charge in [0.1, 0.15) is 0 Å². The van der Waals surface area contributed by atoms with Gasteiger partial charge in [0.2, 0.25) is 0 Å². The van der Waals surface area contributed by atoms with Crippen molar-refractivity contribution in [1.82, 2.24) is 4.90 Å². The van der Waals surface area contributed by atoms with Crippen LogP contribution in [0.15, 0.2) is 0 Å². The Morgan fingerprint density at radius 2 is 2.38 bits per heavy atom. The summed E-state index contributed by atoms with van der Waals surface area (Å²) in [5, 5.41) is 0. The van der Waals surface area contributed by atoms with Crippen LogP contribution >= 0.6 is 0 Å². The van der Waals surface area contributed by atoms with Crippen LogP contribution in [0.2, 0.25) is 0 Å². The van der Waals surface area contributed by atoms with Crippen molar-refractivity contribution in [1.29, 1.82) is 0 Å². The summed E-state index contributed by atoms with van der Waals surface area (Å²) in [6.45, 7) is 3.92. The molecule has 0 aliphatic carbocycles. The predicted molar refractivity (Wildman–Crippen MR) is 30.4 cm³/mol. The van der Waals surface area contributed by atoms with Crippen LogP contribution in [0.25, 0.3) is 0 Å². The zero-order valence-corrected chi connectivity index (χ0v) is 5.18. The highest BCUT2D eigenvalue weighted by Gasteiger charge is 2.02. The molecule has 0 rings (SSSR count). The van der Waals surface area contributed by atoms with E-state index in [-0.39, 0.29) is 6.09 Å². The van der Waals surface area contributed by atoms with Gasteiger partial charge in [0.05, 0.1) is 7.11 Å². The van der Waals surface area contributed by atoms with Crippen molar-refractivity contribution >= 4 is 6.09 Å². The maximum atomic E-state index is 10.4. The largest absolute Gasteiger partial charge is 0.453 e. The van der Waals surface area contributed by atoms with Gasteiger partial charge in [0.15, 0.2) is 0 Å². The Balaban J connectivity index is 3.46. The minimum Gasteiger partial charge on any atom is -0.453 e. The van der Waals surface area contributed by atoms with Gasteiger partial charge >= 0.3 is 6.09 Å². The smallest absolute Gasteiger partial charge is 0.409 e. The van der Waals surface area contributed by atoms with Gasteiger partial charge in [-0.3, -0.25) is 0 Å². The lowest BCUT2D eigenvalue weighted by atomic mass is 10.7. The maximum Gasteiger partial charge on any atom is 0.409 e. The number of hydrogen-bond donors (Lipinski definition) is 0. The van der Waals surface area contributed by atoms with Crippen molar-refractivity contribution in [2.45, 2.75) is 0 Å². The molecular formula is C5H10NO2. The van der Waals surface area contributed by atoms with E-state index in [0.717, 1.165) is 0 Å². The van der Waals surface area contributed by atoms with E-state index in [9.17, 15) is 4.79 Å². The van der Waals surface area contributed by atoms with Crippen LogP contribution in [-0.2, 0) is 4.74 Å². The first-order valence-corrected chi connectivity index (χ1v) is 2.30. The monoisotopic (exact) mass is 116 g/mol. The second-order valence-electron chi connectivity index (χ2n) is 1.39. The molecule has 0 aromatic heterocycles. The summed E-state index contributed by atoms with van der Waals surface area (Å²) >= 11 is 0. The number of rotatable bonds is 1. The first kappa shape index (κ1) is 7.27. The molecule has 8 heavy (non-hydrogen) atoms. The van der Waals surface area contributed by atoms with Crippen molar-refractivity contribution in [2.75, 3.05) is 20.7 Å². The summed E-state index contributed by atoms with van der Waals surface area (Å²) in [5.74, 6) is 0. The van der Waals surface area contributed by atoms with Gasteiger partial charge in [0.25, 0.3) is 0 Å². The second-order valence-corrected chi connectivity index (χ2v) is 1.39.